The predicted molar refractivity (Wildman–Crippen MR) is 90.7 cm³/mol. The summed E-state index contributed by atoms with van der Waals surface area (Å²) in [5.41, 5.74) is 0.571. The molecule has 7 nitrogen and oxygen atoms in total. The van der Waals surface area contributed by atoms with E-state index >= 15 is 0 Å². The molecule has 1 aromatic heterocycles. The van der Waals surface area contributed by atoms with Crippen LogP contribution in [0.4, 0.5) is 0 Å². The largest absolute Gasteiger partial charge is 0.454 e. The second-order valence-electron chi connectivity index (χ2n) is 6.14. The van der Waals surface area contributed by atoms with Gasteiger partial charge in [0.05, 0.1) is 18.0 Å². The molecule has 0 bridgehead atoms. The minimum atomic E-state index is -0.702. The van der Waals surface area contributed by atoms with Crippen LogP contribution in [-0.4, -0.2) is 27.7 Å². The lowest BCUT2D eigenvalue weighted by Crippen LogP contribution is -2.30. The molecular formula is C19H18N4O3. The van der Waals surface area contributed by atoms with Gasteiger partial charge in [-0.3, -0.25) is 4.57 Å². The van der Waals surface area contributed by atoms with E-state index in [2.05, 4.69) is 4.98 Å². The topological polar surface area (TPSA) is 101 Å². The lowest BCUT2D eigenvalue weighted by Gasteiger charge is -2.22. The molecule has 0 spiro atoms. The fourth-order valence-corrected chi connectivity index (χ4v) is 3.22. The number of hydrogen-bond donors (Lipinski definition) is 0. The third kappa shape index (κ3) is 3.05. The summed E-state index contributed by atoms with van der Waals surface area (Å²) in [4.78, 5) is 16.5. The van der Waals surface area contributed by atoms with Crippen LogP contribution in [0.2, 0.25) is 0 Å². The molecule has 1 aliphatic heterocycles. The summed E-state index contributed by atoms with van der Waals surface area (Å²) in [5.74, 6) is -0.524. The summed E-state index contributed by atoms with van der Waals surface area (Å²) in [6.45, 7) is 3.94. The third-order valence-corrected chi connectivity index (χ3v) is 4.63. The number of benzene rings is 1. The number of carbonyl (C=O) groups is 1. The van der Waals surface area contributed by atoms with Gasteiger partial charge in [-0.1, -0.05) is 32.0 Å². The highest BCUT2D eigenvalue weighted by atomic mass is 16.6. The highest BCUT2D eigenvalue weighted by Gasteiger charge is 2.45. The number of imidazole rings is 1. The Bertz CT molecular complexity index is 878. The van der Waals surface area contributed by atoms with Gasteiger partial charge >= 0.3 is 5.97 Å². The molecule has 0 N–H and O–H groups in total. The summed E-state index contributed by atoms with van der Waals surface area (Å²) in [5, 5.41) is 18.5. The second-order valence-corrected chi connectivity index (χ2v) is 6.14. The number of nitrogens with zero attached hydrogens (tertiary/aromatic N) is 4. The Morgan fingerprint density at radius 1 is 1.31 bits per heavy atom. The maximum Gasteiger partial charge on any atom is 0.338 e. The zero-order valence-electron chi connectivity index (χ0n) is 14.5. The van der Waals surface area contributed by atoms with Crippen LogP contribution in [-0.2, 0) is 9.47 Å². The minimum Gasteiger partial charge on any atom is -0.454 e. The molecule has 1 aliphatic rings. The smallest absolute Gasteiger partial charge is 0.338 e. The van der Waals surface area contributed by atoms with Crippen LogP contribution in [0.3, 0.4) is 0 Å². The van der Waals surface area contributed by atoms with Gasteiger partial charge in [0.15, 0.2) is 23.7 Å². The summed E-state index contributed by atoms with van der Waals surface area (Å²) in [7, 11) is 0. The summed E-state index contributed by atoms with van der Waals surface area (Å²) >= 11 is 0. The Labute approximate surface area is 151 Å². The zero-order valence-corrected chi connectivity index (χ0v) is 14.5. The molecule has 0 unspecified atom stereocenters. The van der Waals surface area contributed by atoms with Crippen LogP contribution >= 0.6 is 0 Å². The molecule has 0 saturated carbocycles. The first kappa shape index (κ1) is 17.7. The molecule has 2 heterocycles. The Morgan fingerprint density at radius 3 is 2.65 bits per heavy atom. The molecule has 0 amide bonds. The van der Waals surface area contributed by atoms with Crippen molar-refractivity contribution in [2.75, 3.05) is 0 Å². The van der Waals surface area contributed by atoms with Gasteiger partial charge in [0.1, 0.15) is 12.1 Å². The number of rotatable bonds is 4. The molecule has 1 fully saturated rings. The minimum absolute atomic E-state index is 0.0248. The first-order chi connectivity index (χ1) is 12.6. The summed E-state index contributed by atoms with van der Waals surface area (Å²) < 4.78 is 13.3. The van der Waals surface area contributed by atoms with Crippen LogP contribution < -0.4 is 0 Å². The first-order valence-corrected chi connectivity index (χ1v) is 8.39. The summed E-state index contributed by atoms with van der Waals surface area (Å²) in [6.07, 6.45) is 0.690. The predicted octanol–water partition coefficient (Wildman–Crippen LogP) is 2.80. The first-order valence-electron chi connectivity index (χ1n) is 8.39. The Hall–Kier alpha value is -3.16. The Balaban J connectivity index is 1.93. The SMILES string of the molecule is CC[C@H]1O[C@@H](n2cnc(C#N)c2C#N)[C@H](OC(=O)c2ccccc2)[C@@H]1C. The van der Waals surface area contributed by atoms with Gasteiger partial charge in [-0.25, -0.2) is 9.78 Å². The van der Waals surface area contributed by atoms with Crippen molar-refractivity contribution in [2.45, 2.75) is 38.7 Å². The van der Waals surface area contributed by atoms with Crippen molar-refractivity contribution < 1.29 is 14.3 Å². The number of ether oxygens (including phenoxy) is 2. The van der Waals surface area contributed by atoms with Gasteiger partial charge in [0.25, 0.3) is 0 Å². The fourth-order valence-electron chi connectivity index (χ4n) is 3.22. The maximum atomic E-state index is 12.5. The summed E-state index contributed by atoms with van der Waals surface area (Å²) in [6, 6.07) is 12.6. The van der Waals surface area contributed by atoms with Crippen molar-refractivity contribution in [3.63, 3.8) is 0 Å². The van der Waals surface area contributed by atoms with E-state index in [4.69, 9.17) is 14.7 Å². The number of hydrogen-bond acceptors (Lipinski definition) is 6. The van der Waals surface area contributed by atoms with Crippen molar-refractivity contribution in [2.24, 2.45) is 5.92 Å². The molecule has 2 aromatic rings. The molecule has 1 saturated heterocycles. The van der Waals surface area contributed by atoms with E-state index in [0.717, 1.165) is 6.42 Å². The van der Waals surface area contributed by atoms with Gasteiger partial charge in [0, 0.05) is 5.92 Å². The van der Waals surface area contributed by atoms with E-state index < -0.39 is 18.3 Å². The van der Waals surface area contributed by atoms with Crippen molar-refractivity contribution in [3.05, 3.63) is 53.6 Å². The molecule has 132 valence electrons. The normalized spacial score (nSPS) is 24.6. The van der Waals surface area contributed by atoms with Gasteiger partial charge in [-0.05, 0) is 18.6 Å². The van der Waals surface area contributed by atoms with E-state index in [0.29, 0.717) is 5.56 Å². The lowest BCUT2D eigenvalue weighted by molar-refractivity contribution is -0.0491. The number of esters is 1. The molecular weight excluding hydrogens is 332 g/mol. The molecule has 0 aliphatic carbocycles. The highest BCUT2D eigenvalue weighted by molar-refractivity contribution is 5.89. The van der Waals surface area contributed by atoms with E-state index in [9.17, 15) is 10.1 Å². The molecule has 4 atom stereocenters. The fraction of sp³-hybridized carbons (Fsp3) is 0.368. The van der Waals surface area contributed by atoms with Crippen molar-refractivity contribution in [1.29, 1.82) is 10.5 Å². The van der Waals surface area contributed by atoms with E-state index in [1.54, 1.807) is 24.3 Å². The lowest BCUT2D eigenvalue weighted by atomic mass is 9.98. The van der Waals surface area contributed by atoms with Crippen LogP contribution in [0.1, 0.15) is 48.2 Å². The van der Waals surface area contributed by atoms with Gasteiger partial charge in [-0.15, -0.1) is 0 Å². The van der Waals surface area contributed by atoms with Crippen LogP contribution in [0.25, 0.3) is 0 Å². The molecule has 1 aromatic carbocycles. The van der Waals surface area contributed by atoms with E-state index in [-0.39, 0.29) is 23.4 Å². The molecule has 3 rings (SSSR count). The quantitative estimate of drug-likeness (QED) is 0.786. The molecule has 26 heavy (non-hydrogen) atoms. The standard InChI is InChI=1S/C19H18N4O3/c1-3-16-12(2)17(26-19(24)13-7-5-4-6-8-13)18(25-16)23-11-22-14(9-20)15(23)10-21/h4-8,11-12,16-18H,3H2,1-2H3/t12-,16-,17-,18-/m1/s1. The van der Waals surface area contributed by atoms with Gasteiger partial charge in [-0.2, -0.15) is 10.5 Å². The van der Waals surface area contributed by atoms with Crippen molar-refractivity contribution >= 4 is 5.97 Å². The maximum absolute atomic E-state index is 12.5. The third-order valence-electron chi connectivity index (χ3n) is 4.63. The van der Waals surface area contributed by atoms with Gasteiger partial charge < -0.3 is 9.47 Å². The second kappa shape index (κ2) is 7.38. The van der Waals surface area contributed by atoms with Crippen molar-refractivity contribution in [1.82, 2.24) is 9.55 Å². The highest BCUT2D eigenvalue weighted by Crippen LogP contribution is 2.38. The Morgan fingerprint density at radius 2 is 2.04 bits per heavy atom. The molecule has 7 heteroatoms. The number of nitriles is 2. The monoisotopic (exact) mass is 350 g/mol. The van der Waals surface area contributed by atoms with E-state index in [1.165, 1.54) is 10.9 Å². The number of aromatic nitrogens is 2. The average Bonchev–Trinajstić information content (AvgIpc) is 3.23. The zero-order chi connectivity index (χ0) is 18.7. The molecule has 0 radical (unpaired) electrons. The van der Waals surface area contributed by atoms with Gasteiger partial charge in [0.2, 0.25) is 0 Å². The van der Waals surface area contributed by atoms with Crippen LogP contribution in [0, 0.1) is 28.6 Å². The van der Waals surface area contributed by atoms with Crippen LogP contribution in [0.5, 0.6) is 0 Å². The van der Waals surface area contributed by atoms with Crippen molar-refractivity contribution in [3.8, 4) is 12.1 Å². The van der Waals surface area contributed by atoms with E-state index in [1.807, 2.05) is 32.1 Å². The average molecular weight is 350 g/mol. The van der Waals surface area contributed by atoms with Crippen LogP contribution in [0.15, 0.2) is 36.7 Å². The Kier molecular flexibility index (Phi) is 5.01. The number of carbonyl (C=O) groups excluding carboxylic acids is 1.